The number of carbonyl (C=O) groups is 1. The van der Waals surface area contributed by atoms with Gasteiger partial charge in [-0.3, -0.25) is 4.79 Å². The van der Waals surface area contributed by atoms with Gasteiger partial charge in [0, 0.05) is 23.1 Å². The number of oxazole rings is 1. The van der Waals surface area contributed by atoms with E-state index < -0.39 is 5.97 Å². The Hall–Kier alpha value is -4.78. The van der Waals surface area contributed by atoms with Crippen LogP contribution in [0.4, 0.5) is 0 Å². The average Bonchev–Trinajstić information content (AvgIpc) is 3.44. The number of unbranched alkanes of at least 4 members (excludes halogenated alkanes) is 2. The predicted molar refractivity (Wildman–Crippen MR) is 155 cm³/mol. The average molecular weight is 538 g/mol. The highest BCUT2D eigenvalue weighted by atomic mass is 16.5. The number of benzene rings is 4. The monoisotopic (exact) mass is 537 g/mol. The zero-order valence-corrected chi connectivity index (χ0v) is 22.6. The minimum atomic E-state index is -0.756. The van der Waals surface area contributed by atoms with Gasteiger partial charge in [0.15, 0.2) is 5.76 Å². The smallest absolute Gasteiger partial charge is 0.303 e. The molecule has 0 unspecified atom stereocenters. The van der Waals surface area contributed by atoms with Crippen LogP contribution in [0.15, 0.2) is 89.3 Å². The van der Waals surface area contributed by atoms with Crippen LogP contribution in [0.25, 0.3) is 44.8 Å². The molecule has 0 saturated heterocycles. The molecule has 0 saturated carbocycles. The molecular weight excluding hydrogens is 506 g/mol. The van der Waals surface area contributed by atoms with Crippen LogP contribution in [-0.4, -0.2) is 36.9 Å². The van der Waals surface area contributed by atoms with Crippen molar-refractivity contribution in [3.8, 4) is 51.3 Å². The Morgan fingerprint density at radius 2 is 1.32 bits per heavy atom. The number of methoxy groups -OCH3 is 2. The Morgan fingerprint density at radius 3 is 2.00 bits per heavy atom. The van der Waals surface area contributed by atoms with Gasteiger partial charge in [0.1, 0.15) is 22.9 Å². The Balaban J connectivity index is 1.40. The highest BCUT2D eigenvalue weighted by molar-refractivity contribution is 5.88. The topological polar surface area (TPSA) is 91.0 Å². The second kappa shape index (κ2) is 12.4. The molecule has 0 spiro atoms. The Morgan fingerprint density at radius 1 is 0.725 bits per heavy atom. The Kier molecular flexibility index (Phi) is 8.30. The third-order valence-corrected chi connectivity index (χ3v) is 6.71. The van der Waals surface area contributed by atoms with E-state index in [9.17, 15) is 4.79 Å². The lowest BCUT2D eigenvalue weighted by molar-refractivity contribution is -0.137. The van der Waals surface area contributed by atoms with Gasteiger partial charge < -0.3 is 23.7 Å². The molecule has 5 aromatic rings. The normalized spacial score (nSPS) is 10.9. The first-order valence-electron chi connectivity index (χ1n) is 13.2. The minimum absolute atomic E-state index is 0.200. The van der Waals surface area contributed by atoms with Crippen molar-refractivity contribution < 1.29 is 28.5 Å². The zero-order chi connectivity index (χ0) is 27.9. The van der Waals surface area contributed by atoms with Crippen LogP contribution in [0.3, 0.4) is 0 Å². The van der Waals surface area contributed by atoms with Crippen LogP contribution in [0.2, 0.25) is 0 Å². The quantitative estimate of drug-likeness (QED) is 0.162. The summed E-state index contributed by atoms with van der Waals surface area (Å²) >= 11 is 0. The van der Waals surface area contributed by atoms with Gasteiger partial charge >= 0.3 is 5.97 Å². The molecule has 0 bridgehead atoms. The second-order valence-corrected chi connectivity index (χ2v) is 9.43. The van der Waals surface area contributed by atoms with Crippen LogP contribution in [-0.2, 0) is 4.79 Å². The summed E-state index contributed by atoms with van der Waals surface area (Å²) in [6.45, 7) is 0.557. The first-order chi connectivity index (χ1) is 19.5. The summed E-state index contributed by atoms with van der Waals surface area (Å²) in [7, 11) is 3.29. The summed E-state index contributed by atoms with van der Waals surface area (Å²) in [6.07, 6.45) is 2.52. The number of aromatic nitrogens is 1. The van der Waals surface area contributed by atoms with Gasteiger partial charge in [0.05, 0.1) is 20.8 Å². The second-order valence-electron chi connectivity index (χ2n) is 9.43. The maximum Gasteiger partial charge on any atom is 0.303 e. The van der Waals surface area contributed by atoms with Gasteiger partial charge in [-0.05, 0) is 103 Å². The lowest BCUT2D eigenvalue weighted by Gasteiger charge is -2.08. The van der Waals surface area contributed by atoms with Crippen molar-refractivity contribution in [2.75, 3.05) is 20.8 Å². The number of carboxylic acids is 1. The molecule has 5 rings (SSSR count). The summed E-state index contributed by atoms with van der Waals surface area (Å²) in [5, 5.41) is 10.8. The number of hydrogen-bond acceptors (Lipinski definition) is 6. The van der Waals surface area contributed by atoms with Crippen LogP contribution >= 0.6 is 0 Å². The molecular formula is C33H31NO6. The summed E-state index contributed by atoms with van der Waals surface area (Å²) < 4.78 is 22.9. The van der Waals surface area contributed by atoms with E-state index in [0.29, 0.717) is 24.7 Å². The van der Waals surface area contributed by atoms with Crippen LogP contribution < -0.4 is 14.2 Å². The summed E-state index contributed by atoms with van der Waals surface area (Å²) in [6, 6.07) is 27.6. The molecule has 0 aliphatic carbocycles. The number of carboxylic acid groups (broad SMARTS) is 1. The number of rotatable bonds is 12. The summed E-state index contributed by atoms with van der Waals surface area (Å²) in [5.41, 5.74) is 3.44. The van der Waals surface area contributed by atoms with Crippen molar-refractivity contribution >= 4 is 16.7 Å². The first kappa shape index (κ1) is 26.8. The van der Waals surface area contributed by atoms with Crippen LogP contribution in [0, 0.1) is 0 Å². The van der Waals surface area contributed by atoms with Crippen LogP contribution in [0.5, 0.6) is 17.2 Å². The van der Waals surface area contributed by atoms with E-state index in [2.05, 4.69) is 6.07 Å². The SMILES string of the molecule is COc1ccc(-c2nc(-c3ccc4cc(OCCCCCC(=O)O)ccc4c3)oc2-c2ccc(OC)cc2)cc1. The summed E-state index contributed by atoms with van der Waals surface area (Å²) in [4.78, 5) is 15.6. The lowest BCUT2D eigenvalue weighted by atomic mass is 10.1. The molecule has 1 aromatic heterocycles. The van der Waals surface area contributed by atoms with E-state index in [1.165, 1.54) is 0 Å². The van der Waals surface area contributed by atoms with Gasteiger partial charge in [-0.15, -0.1) is 0 Å². The summed E-state index contributed by atoms with van der Waals surface area (Å²) in [5.74, 6) is 2.78. The van der Waals surface area contributed by atoms with Crippen molar-refractivity contribution in [3.05, 3.63) is 84.9 Å². The molecule has 1 heterocycles. The fourth-order valence-corrected chi connectivity index (χ4v) is 4.52. The van der Waals surface area contributed by atoms with E-state index in [-0.39, 0.29) is 6.42 Å². The largest absolute Gasteiger partial charge is 0.497 e. The van der Waals surface area contributed by atoms with E-state index in [4.69, 9.17) is 28.7 Å². The Bertz CT molecular complexity index is 1520. The van der Waals surface area contributed by atoms with Gasteiger partial charge in [-0.2, -0.15) is 0 Å². The van der Waals surface area contributed by atoms with E-state index >= 15 is 0 Å². The molecule has 0 radical (unpaired) electrons. The van der Waals surface area contributed by atoms with Gasteiger partial charge in [-0.1, -0.05) is 12.1 Å². The fourth-order valence-electron chi connectivity index (χ4n) is 4.52. The fraction of sp³-hybridized carbons (Fsp3) is 0.212. The predicted octanol–water partition coefficient (Wildman–Crippen LogP) is 7.87. The van der Waals surface area contributed by atoms with Gasteiger partial charge in [-0.25, -0.2) is 4.98 Å². The van der Waals surface area contributed by atoms with Crippen molar-refractivity contribution in [1.29, 1.82) is 0 Å². The van der Waals surface area contributed by atoms with E-state index in [0.717, 1.165) is 63.2 Å². The van der Waals surface area contributed by atoms with Crippen molar-refractivity contribution in [1.82, 2.24) is 4.98 Å². The lowest BCUT2D eigenvalue weighted by Crippen LogP contribution is -1.99. The maximum atomic E-state index is 10.6. The highest BCUT2D eigenvalue weighted by Crippen LogP contribution is 2.38. The van der Waals surface area contributed by atoms with Crippen molar-refractivity contribution in [2.24, 2.45) is 0 Å². The highest BCUT2D eigenvalue weighted by Gasteiger charge is 2.19. The molecule has 204 valence electrons. The molecule has 0 atom stereocenters. The van der Waals surface area contributed by atoms with E-state index in [1.54, 1.807) is 14.2 Å². The molecule has 7 heteroatoms. The third kappa shape index (κ3) is 6.26. The molecule has 40 heavy (non-hydrogen) atoms. The molecule has 7 nitrogen and oxygen atoms in total. The molecule has 4 aromatic carbocycles. The van der Waals surface area contributed by atoms with Gasteiger partial charge in [0.2, 0.25) is 5.89 Å². The molecule has 0 amide bonds. The molecule has 1 N–H and O–H groups in total. The minimum Gasteiger partial charge on any atom is -0.497 e. The maximum absolute atomic E-state index is 10.6. The number of fused-ring (bicyclic) bond motifs is 1. The van der Waals surface area contributed by atoms with Crippen molar-refractivity contribution in [3.63, 3.8) is 0 Å². The zero-order valence-electron chi connectivity index (χ0n) is 22.6. The number of hydrogen-bond donors (Lipinski definition) is 1. The van der Waals surface area contributed by atoms with Crippen LogP contribution in [0.1, 0.15) is 25.7 Å². The van der Waals surface area contributed by atoms with E-state index in [1.807, 2.05) is 78.9 Å². The Labute approximate surface area is 233 Å². The first-order valence-corrected chi connectivity index (χ1v) is 13.2. The number of nitrogens with zero attached hydrogens (tertiary/aromatic N) is 1. The number of ether oxygens (including phenoxy) is 3. The molecule has 0 fully saturated rings. The number of aliphatic carboxylic acids is 1. The third-order valence-electron chi connectivity index (χ3n) is 6.71. The van der Waals surface area contributed by atoms with Gasteiger partial charge in [0.25, 0.3) is 0 Å². The van der Waals surface area contributed by atoms with Crippen molar-refractivity contribution in [2.45, 2.75) is 25.7 Å². The standard InChI is InChI=1S/C33H31NO6/c1-37-27-14-9-22(10-15-27)31-32(23-11-16-28(38-2)17-12-23)40-33(34-31)26-8-7-25-21-29(18-13-24(25)20-26)39-19-5-3-4-6-30(35)36/h7-18,20-21H,3-6,19H2,1-2H3,(H,35,36). The molecule has 0 aliphatic rings. The molecule has 0 aliphatic heterocycles.